The summed E-state index contributed by atoms with van der Waals surface area (Å²) in [5.74, 6) is 0.0455. The third-order valence-electron chi connectivity index (χ3n) is 2.65. The lowest BCUT2D eigenvalue weighted by atomic mass is 10.1. The number of nitrogens with one attached hydrogen (secondary N) is 1. The number of hydrogen-bond acceptors (Lipinski definition) is 5. The number of rotatable bonds is 6. The van der Waals surface area contributed by atoms with E-state index in [1.807, 2.05) is 0 Å². The molecule has 1 atom stereocenters. The fourth-order valence-corrected chi connectivity index (χ4v) is 2.98. The fraction of sp³-hybridized carbons (Fsp3) is 0.417. The molecule has 1 unspecified atom stereocenters. The van der Waals surface area contributed by atoms with E-state index in [0.29, 0.717) is 17.1 Å². The van der Waals surface area contributed by atoms with Crippen LogP contribution < -0.4 is 11.1 Å². The van der Waals surface area contributed by atoms with E-state index in [1.54, 1.807) is 25.1 Å². The molecule has 1 aromatic rings. The van der Waals surface area contributed by atoms with Gasteiger partial charge in [-0.3, -0.25) is 0 Å². The highest BCUT2D eigenvalue weighted by atomic mass is 35.5. The van der Waals surface area contributed by atoms with Crippen molar-refractivity contribution in [3.8, 4) is 0 Å². The van der Waals surface area contributed by atoms with E-state index in [4.69, 9.17) is 22.5 Å². The van der Waals surface area contributed by atoms with Crippen LogP contribution in [-0.4, -0.2) is 37.5 Å². The Morgan fingerprint density at radius 3 is 2.70 bits per heavy atom. The van der Waals surface area contributed by atoms with Gasteiger partial charge in [0.25, 0.3) is 0 Å². The van der Waals surface area contributed by atoms with Crippen molar-refractivity contribution in [2.24, 2.45) is 10.9 Å². The summed E-state index contributed by atoms with van der Waals surface area (Å²) < 4.78 is 22.3. The third-order valence-corrected chi connectivity index (χ3v) is 4.11. The van der Waals surface area contributed by atoms with Gasteiger partial charge in [0.1, 0.15) is 9.84 Å². The molecule has 20 heavy (non-hydrogen) atoms. The minimum Gasteiger partial charge on any atom is -0.409 e. The summed E-state index contributed by atoms with van der Waals surface area (Å²) in [6.07, 6.45) is 1.20. The number of nitrogens with two attached hydrogens (primary N) is 1. The molecular formula is C12H18ClN3O3S. The predicted octanol–water partition coefficient (Wildman–Crippen LogP) is 0.957. The van der Waals surface area contributed by atoms with Crippen LogP contribution in [-0.2, 0) is 16.4 Å². The smallest absolute Gasteiger partial charge is 0.170 e. The Morgan fingerprint density at radius 2 is 2.20 bits per heavy atom. The molecule has 0 radical (unpaired) electrons. The molecule has 0 aliphatic carbocycles. The second-order valence-corrected chi connectivity index (χ2v) is 7.26. The van der Waals surface area contributed by atoms with Gasteiger partial charge in [-0.15, -0.1) is 0 Å². The molecule has 6 nitrogen and oxygen atoms in total. The van der Waals surface area contributed by atoms with Crippen LogP contribution in [0.1, 0.15) is 18.1 Å². The Kier molecular flexibility index (Phi) is 5.79. The van der Waals surface area contributed by atoms with Gasteiger partial charge in [0.15, 0.2) is 5.84 Å². The van der Waals surface area contributed by atoms with Crippen molar-refractivity contribution in [3.05, 3.63) is 34.3 Å². The van der Waals surface area contributed by atoms with Crippen LogP contribution in [0.2, 0.25) is 5.02 Å². The van der Waals surface area contributed by atoms with E-state index < -0.39 is 9.84 Å². The average Bonchev–Trinajstić information content (AvgIpc) is 2.34. The number of benzene rings is 1. The van der Waals surface area contributed by atoms with Crippen molar-refractivity contribution >= 4 is 27.3 Å². The van der Waals surface area contributed by atoms with Crippen molar-refractivity contribution in [1.82, 2.24) is 5.32 Å². The molecule has 0 spiro atoms. The van der Waals surface area contributed by atoms with Gasteiger partial charge in [0, 0.05) is 29.4 Å². The molecule has 0 fully saturated rings. The minimum atomic E-state index is -3.01. The first kappa shape index (κ1) is 16.7. The average molecular weight is 320 g/mol. The van der Waals surface area contributed by atoms with Crippen LogP contribution >= 0.6 is 11.6 Å². The van der Waals surface area contributed by atoms with E-state index in [2.05, 4.69) is 10.5 Å². The Labute approximate surface area is 123 Å². The predicted molar refractivity (Wildman–Crippen MR) is 80.0 cm³/mol. The highest BCUT2D eigenvalue weighted by Crippen LogP contribution is 2.18. The topological polar surface area (TPSA) is 105 Å². The number of sulfone groups is 1. The number of oxime groups is 1. The molecule has 0 aliphatic rings. The van der Waals surface area contributed by atoms with Crippen LogP contribution in [0.3, 0.4) is 0 Å². The summed E-state index contributed by atoms with van der Waals surface area (Å²) in [7, 11) is -3.01. The van der Waals surface area contributed by atoms with Gasteiger partial charge in [-0.25, -0.2) is 8.42 Å². The molecule has 1 rings (SSSR count). The van der Waals surface area contributed by atoms with Crippen LogP contribution in [0.5, 0.6) is 0 Å². The second kappa shape index (κ2) is 6.92. The summed E-state index contributed by atoms with van der Waals surface area (Å²) in [6, 6.07) is 4.84. The lowest BCUT2D eigenvalue weighted by molar-refractivity contribution is 0.318. The lowest BCUT2D eigenvalue weighted by Gasteiger charge is -2.14. The van der Waals surface area contributed by atoms with Crippen molar-refractivity contribution < 1.29 is 13.6 Å². The van der Waals surface area contributed by atoms with Crippen molar-refractivity contribution in [2.75, 3.05) is 12.0 Å². The van der Waals surface area contributed by atoms with Gasteiger partial charge < -0.3 is 16.3 Å². The Balaban J connectivity index is 2.70. The highest BCUT2D eigenvalue weighted by molar-refractivity contribution is 7.90. The number of nitrogens with zero attached hydrogens (tertiary/aromatic N) is 1. The normalized spacial score (nSPS) is 14.2. The highest BCUT2D eigenvalue weighted by Gasteiger charge is 2.11. The van der Waals surface area contributed by atoms with Crippen LogP contribution in [0.25, 0.3) is 0 Å². The van der Waals surface area contributed by atoms with Gasteiger partial charge in [-0.05, 0) is 18.6 Å². The monoisotopic (exact) mass is 319 g/mol. The molecule has 0 bridgehead atoms. The zero-order chi connectivity index (χ0) is 15.3. The summed E-state index contributed by atoms with van der Waals surface area (Å²) in [4.78, 5) is 0. The summed E-state index contributed by atoms with van der Waals surface area (Å²) in [5.41, 5.74) is 6.79. The van der Waals surface area contributed by atoms with E-state index in [0.717, 1.165) is 5.56 Å². The standard InChI is InChI=1S/C12H18ClN3O3S/c1-8(7-20(2,18)19)15-6-10-4-3-9(5-11(10)13)12(14)16-17/h3-5,8,15,17H,6-7H2,1-2H3,(H2,14,16). The molecule has 0 aromatic heterocycles. The molecule has 0 amide bonds. The Morgan fingerprint density at radius 1 is 1.55 bits per heavy atom. The first-order valence-electron chi connectivity index (χ1n) is 5.90. The number of halogens is 1. The maximum absolute atomic E-state index is 11.2. The van der Waals surface area contributed by atoms with Crippen LogP contribution in [0.4, 0.5) is 0 Å². The number of hydrogen-bond donors (Lipinski definition) is 3. The first-order valence-corrected chi connectivity index (χ1v) is 8.34. The number of amidine groups is 1. The third kappa shape index (κ3) is 5.36. The van der Waals surface area contributed by atoms with Gasteiger partial charge in [0.05, 0.1) is 5.75 Å². The first-order chi connectivity index (χ1) is 9.23. The molecule has 112 valence electrons. The molecular weight excluding hydrogens is 302 g/mol. The molecule has 0 saturated carbocycles. The largest absolute Gasteiger partial charge is 0.409 e. The van der Waals surface area contributed by atoms with Gasteiger partial charge in [-0.2, -0.15) is 0 Å². The maximum Gasteiger partial charge on any atom is 0.170 e. The summed E-state index contributed by atoms with van der Waals surface area (Å²) in [5, 5.41) is 15.0. The molecule has 0 aliphatic heterocycles. The molecule has 8 heteroatoms. The van der Waals surface area contributed by atoms with Crippen molar-refractivity contribution in [3.63, 3.8) is 0 Å². The molecule has 4 N–H and O–H groups in total. The van der Waals surface area contributed by atoms with Crippen molar-refractivity contribution in [1.29, 1.82) is 0 Å². The summed E-state index contributed by atoms with van der Waals surface area (Å²) in [6.45, 7) is 2.23. The Hall–Kier alpha value is -1.31. The second-order valence-electron chi connectivity index (χ2n) is 4.67. The summed E-state index contributed by atoms with van der Waals surface area (Å²) >= 11 is 6.10. The lowest BCUT2D eigenvalue weighted by Crippen LogP contribution is -2.32. The Bertz CT molecular complexity index is 602. The molecule has 0 saturated heterocycles. The van der Waals surface area contributed by atoms with Gasteiger partial charge in [0.2, 0.25) is 0 Å². The SMILES string of the molecule is CC(CS(C)(=O)=O)NCc1ccc(/C(N)=N/O)cc1Cl. The maximum atomic E-state index is 11.2. The molecule has 0 heterocycles. The quantitative estimate of drug-likeness (QED) is 0.313. The van der Waals surface area contributed by atoms with Crippen LogP contribution in [0.15, 0.2) is 23.4 Å². The van der Waals surface area contributed by atoms with Crippen LogP contribution in [0, 0.1) is 0 Å². The van der Waals surface area contributed by atoms with E-state index in [1.165, 1.54) is 6.26 Å². The van der Waals surface area contributed by atoms with Gasteiger partial charge >= 0.3 is 0 Å². The van der Waals surface area contributed by atoms with E-state index in [9.17, 15) is 8.42 Å². The van der Waals surface area contributed by atoms with E-state index >= 15 is 0 Å². The van der Waals surface area contributed by atoms with E-state index in [-0.39, 0.29) is 17.6 Å². The minimum absolute atomic E-state index is 0.0168. The zero-order valence-corrected chi connectivity index (χ0v) is 12.9. The van der Waals surface area contributed by atoms with Gasteiger partial charge in [-0.1, -0.05) is 28.9 Å². The van der Waals surface area contributed by atoms with Crippen molar-refractivity contribution in [2.45, 2.75) is 19.5 Å². The fourth-order valence-electron chi connectivity index (χ4n) is 1.70. The zero-order valence-electron chi connectivity index (χ0n) is 11.3. The molecule has 1 aromatic carbocycles.